The zero-order chi connectivity index (χ0) is 38.7. The van der Waals surface area contributed by atoms with Crippen LogP contribution >= 0.6 is 0 Å². The van der Waals surface area contributed by atoms with E-state index in [1.54, 1.807) is 6.42 Å². The van der Waals surface area contributed by atoms with Gasteiger partial charge in [0.2, 0.25) is 0 Å². The molecule has 0 heterocycles. The van der Waals surface area contributed by atoms with Gasteiger partial charge in [0.15, 0.2) is 0 Å². The summed E-state index contributed by atoms with van der Waals surface area (Å²) >= 11 is 0. The lowest BCUT2D eigenvalue weighted by Crippen LogP contribution is -2.34. The van der Waals surface area contributed by atoms with Gasteiger partial charge in [0.1, 0.15) is 0 Å². The van der Waals surface area contributed by atoms with Crippen LogP contribution < -0.4 is 0 Å². The zero-order valence-corrected chi connectivity index (χ0v) is 36.7. The first kappa shape index (κ1) is 45.8. The fraction of sp³-hybridized carbons (Fsp3) is 0.654. The average molecular weight is 709 g/mol. The van der Waals surface area contributed by atoms with Crippen LogP contribution in [0.2, 0.25) is 0 Å². The number of rotatable bonds is 5. The SMILES string of the molecule is CC.CC1CCC(CC2CCC(C)CC2)CC1.CCC1(C)CC(C)CC(C)(C)C1.Cc1ccc(Cc2ccc(C)cc2)cc1.Cc1ccccc1C. The molecule has 3 aliphatic carbocycles. The molecular weight excluding hydrogens is 625 g/mol. The van der Waals surface area contributed by atoms with Crippen LogP contribution in [0, 0.1) is 68.1 Å². The Labute approximate surface area is 325 Å². The molecule has 3 aromatic rings. The molecule has 0 heteroatoms. The van der Waals surface area contributed by atoms with Gasteiger partial charge in [-0.1, -0.05) is 204 Å². The number of hydrogen-bond acceptors (Lipinski definition) is 0. The van der Waals surface area contributed by atoms with Gasteiger partial charge in [-0.05, 0) is 122 Å². The van der Waals surface area contributed by atoms with Crippen LogP contribution in [-0.2, 0) is 6.42 Å². The second kappa shape index (κ2) is 23.4. The monoisotopic (exact) mass is 709 g/mol. The van der Waals surface area contributed by atoms with Crippen molar-refractivity contribution in [1.29, 1.82) is 0 Å². The molecule has 292 valence electrons. The molecule has 0 bridgehead atoms. The third-order valence-corrected chi connectivity index (χ3v) is 12.5. The van der Waals surface area contributed by atoms with Gasteiger partial charge >= 0.3 is 0 Å². The minimum absolute atomic E-state index is 0.586. The van der Waals surface area contributed by atoms with E-state index in [4.69, 9.17) is 0 Å². The Bertz CT molecular complexity index is 1240. The number of benzene rings is 3. The molecule has 0 N–H and O–H groups in total. The van der Waals surface area contributed by atoms with Crippen molar-refractivity contribution >= 4 is 0 Å². The standard InChI is InChI=1S/C15H28.C15H16.C12H24.C8H10.C2H6/c2*1-12-3-7-14(8-4-12)11-15-9-5-13(2)6-10-15;1-6-12(5)8-10(2)7-11(3,4)9-12;1-7-5-3-4-6-8(7)2;1-2/h12-15H,3-11H2,1-2H3;3-10H,11H2,1-2H3;10H,6-9H2,1-5H3;3-6H,1-2H3;1-2H3. The van der Waals surface area contributed by atoms with E-state index in [2.05, 4.69) is 149 Å². The van der Waals surface area contributed by atoms with Crippen LogP contribution in [0.15, 0.2) is 72.8 Å². The first-order chi connectivity index (χ1) is 24.6. The highest BCUT2D eigenvalue weighted by Crippen LogP contribution is 2.50. The van der Waals surface area contributed by atoms with Crippen LogP contribution in [0.25, 0.3) is 0 Å². The van der Waals surface area contributed by atoms with Gasteiger partial charge in [-0.15, -0.1) is 0 Å². The van der Waals surface area contributed by atoms with Gasteiger partial charge in [0, 0.05) is 0 Å². The van der Waals surface area contributed by atoms with Crippen molar-refractivity contribution in [2.75, 3.05) is 0 Å². The maximum absolute atomic E-state index is 2.46. The van der Waals surface area contributed by atoms with Crippen LogP contribution in [-0.4, -0.2) is 0 Å². The van der Waals surface area contributed by atoms with E-state index in [1.165, 1.54) is 110 Å². The molecule has 2 unspecified atom stereocenters. The molecule has 0 aromatic heterocycles. The highest BCUT2D eigenvalue weighted by Gasteiger charge is 2.38. The summed E-state index contributed by atoms with van der Waals surface area (Å²) < 4.78 is 0. The third-order valence-electron chi connectivity index (χ3n) is 12.5. The molecular formula is C52H84. The summed E-state index contributed by atoms with van der Waals surface area (Å²) in [5.74, 6) is 5.16. The minimum atomic E-state index is 0.586. The van der Waals surface area contributed by atoms with Crippen LogP contribution in [0.3, 0.4) is 0 Å². The number of aryl methyl sites for hydroxylation is 4. The van der Waals surface area contributed by atoms with Crippen molar-refractivity contribution < 1.29 is 0 Å². The largest absolute Gasteiger partial charge is 0.0683 e. The second-order valence-corrected chi connectivity index (χ2v) is 18.7. The smallest absolute Gasteiger partial charge is 0.00258 e. The van der Waals surface area contributed by atoms with E-state index in [-0.39, 0.29) is 0 Å². The van der Waals surface area contributed by atoms with E-state index in [0.29, 0.717) is 10.8 Å². The summed E-state index contributed by atoms with van der Waals surface area (Å²) in [6.45, 7) is 29.4. The molecule has 3 aromatic carbocycles. The maximum Gasteiger partial charge on any atom is -0.00258 e. The predicted octanol–water partition coefficient (Wildman–Crippen LogP) is 16.5. The molecule has 3 fully saturated rings. The van der Waals surface area contributed by atoms with E-state index in [9.17, 15) is 0 Å². The Balaban J connectivity index is 0.000000241. The molecule has 2 atom stereocenters. The van der Waals surface area contributed by atoms with Crippen molar-refractivity contribution in [1.82, 2.24) is 0 Å². The lowest BCUT2D eigenvalue weighted by atomic mass is 9.60. The summed E-state index contributed by atoms with van der Waals surface area (Å²) in [5, 5.41) is 0. The van der Waals surface area contributed by atoms with Crippen molar-refractivity contribution in [2.45, 2.75) is 180 Å². The molecule has 3 saturated carbocycles. The Hall–Kier alpha value is -2.34. The molecule has 0 saturated heterocycles. The zero-order valence-electron chi connectivity index (χ0n) is 36.7. The molecule has 0 radical (unpaired) electrons. The van der Waals surface area contributed by atoms with E-state index in [1.807, 2.05) is 13.8 Å². The summed E-state index contributed by atoms with van der Waals surface area (Å²) in [7, 11) is 0. The van der Waals surface area contributed by atoms with Crippen molar-refractivity contribution in [3.05, 3.63) is 106 Å². The van der Waals surface area contributed by atoms with Crippen LogP contribution in [0.1, 0.15) is 179 Å². The molecule has 0 aliphatic heterocycles. The minimum Gasteiger partial charge on any atom is -0.0683 e. The molecule has 0 nitrogen and oxygen atoms in total. The highest BCUT2D eigenvalue weighted by atomic mass is 14.4. The molecule has 0 spiro atoms. The normalized spacial score (nSPS) is 26.4. The van der Waals surface area contributed by atoms with Crippen molar-refractivity contribution in [2.24, 2.45) is 40.4 Å². The van der Waals surface area contributed by atoms with E-state index in [0.717, 1.165) is 36.0 Å². The lowest BCUT2D eigenvalue weighted by Gasteiger charge is -2.45. The average Bonchev–Trinajstić information content (AvgIpc) is 3.11. The lowest BCUT2D eigenvalue weighted by molar-refractivity contribution is 0.0582. The Kier molecular flexibility index (Phi) is 20.7. The van der Waals surface area contributed by atoms with Gasteiger partial charge in [0.25, 0.3) is 0 Å². The van der Waals surface area contributed by atoms with Crippen LogP contribution in [0.4, 0.5) is 0 Å². The highest BCUT2D eigenvalue weighted by molar-refractivity contribution is 5.29. The quantitative estimate of drug-likeness (QED) is 0.247. The fourth-order valence-electron chi connectivity index (χ4n) is 9.34. The number of hydrogen-bond donors (Lipinski definition) is 0. The Morgan fingerprint density at radius 2 is 0.904 bits per heavy atom. The summed E-state index contributed by atoms with van der Waals surface area (Å²) in [4.78, 5) is 0. The topological polar surface area (TPSA) is 0 Å². The Morgan fingerprint density at radius 1 is 0.519 bits per heavy atom. The predicted molar refractivity (Wildman–Crippen MR) is 234 cm³/mol. The van der Waals surface area contributed by atoms with Gasteiger partial charge in [0.05, 0.1) is 0 Å². The van der Waals surface area contributed by atoms with Gasteiger partial charge < -0.3 is 0 Å². The van der Waals surface area contributed by atoms with Gasteiger partial charge in [-0.3, -0.25) is 0 Å². The Morgan fingerprint density at radius 3 is 1.23 bits per heavy atom. The molecule has 3 aliphatic rings. The fourth-order valence-corrected chi connectivity index (χ4v) is 9.34. The molecule has 6 rings (SSSR count). The van der Waals surface area contributed by atoms with E-state index < -0.39 is 0 Å². The molecule has 52 heavy (non-hydrogen) atoms. The first-order valence-corrected chi connectivity index (χ1v) is 21.8. The maximum atomic E-state index is 2.46. The second-order valence-electron chi connectivity index (χ2n) is 18.7. The van der Waals surface area contributed by atoms with E-state index >= 15 is 0 Å². The van der Waals surface area contributed by atoms with Gasteiger partial charge in [-0.25, -0.2) is 0 Å². The summed E-state index contributed by atoms with van der Waals surface area (Å²) in [6.07, 6.45) is 20.4. The van der Waals surface area contributed by atoms with Crippen LogP contribution in [0.5, 0.6) is 0 Å². The van der Waals surface area contributed by atoms with Crippen molar-refractivity contribution in [3.8, 4) is 0 Å². The van der Waals surface area contributed by atoms with Gasteiger partial charge in [-0.2, -0.15) is 0 Å². The van der Waals surface area contributed by atoms with Crippen molar-refractivity contribution in [3.63, 3.8) is 0 Å². The summed E-state index contributed by atoms with van der Waals surface area (Å²) in [6, 6.07) is 25.9. The molecule has 0 amide bonds. The first-order valence-electron chi connectivity index (χ1n) is 21.8. The third kappa shape index (κ3) is 18.1. The summed E-state index contributed by atoms with van der Waals surface area (Å²) in [5.41, 5.74) is 9.35.